The molecule has 3 nitrogen and oxygen atoms in total. The van der Waals surface area contributed by atoms with E-state index in [9.17, 15) is 15.0 Å². The molecule has 0 fully saturated rings. The third kappa shape index (κ3) is 20.6. The molecule has 28 heavy (non-hydrogen) atoms. The smallest absolute Gasteiger partial charge is 0.129 e. The fourth-order valence-corrected chi connectivity index (χ4v) is 2.59. The van der Waals surface area contributed by atoms with Crippen molar-refractivity contribution in [2.75, 3.05) is 0 Å². The fraction of sp³-hybridized carbons (Fsp3) is 0.560. The van der Waals surface area contributed by atoms with Crippen LogP contribution in [0.5, 0.6) is 0 Å². The van der Waals surface area contributed by atoms with E-state index in [0.29, 0.717) is 12.8 Å². The van der Waals surface area contributed by atoms with Gasteiger partial charge in [0.15, 0.2) is 0 Å². The van der Waals surface area contributed by atoms with Crippen molar-refractivity contribution in [2.45, 2.75) is 90.3 Å². The van der Waals surface area contributed by atoms with Gasteiger partial charge in [0, 0.05) is 6.42 Å². The summed E-state index contributed by atoms with van der Waals surface area (Å²) < 4.78 is 0. The number of rotatable bonds is 17. The van der Waals surface area contributed by atoms with Crippen LogP contribution in [0.1, 0.15) is 78.1 Å². The topological polar surface area (TPSA) is 57.5 Å². The van der Waals surface area contributed by atoms with Crippen LogP contribution < -0.4 is 0 Å². The zero-order valence-electron chi connectivity index (χ0n) is 17.8. The number of hydrogen-bond acceptors (Lipinski definition) is 3. The van der Waals surface area contributed by atoms with E-state index in [-0.39, 0.29) is 5.78 Å². The van der Waals surface area contributed by atoms with Crippen molar-refractivity contribution in [1.29, 1.82) is 0 Å². The molecule has 0 unspecified atom stereocenters. The summed E-state index contributed by atoms with van der Waals surface area (Å²) in [5.74, 6) is 0.289. The number of ketones is 1. The van der Waals surface area contributed by atoms with Crippen molar-refractivity contribution < 1.29 is 15.0 Å². The van der Waals surface area contributed by atoms with Crippen LogP contribution in [0.25, 0.3) is 0 Å². The first kappa shape index (κ1) is 26.3. The SMILES string of the molecule is CC/C=C\C[C@@H](O)\C=C/C=C/C=C/[C@@H](O)C/C=C\CCCCCCCC(C)=O. The first-order chi connectivity index (χ1) is 13.6. The molecule has 0 aliphatic rings. The van der Waals surface area contributed by atoms with Gasteiger partial charge in [-0.2, -0.15) is 0 Å². The molecule has 158 valence electrons. The lowest BCUT2D eigenvalue weighted by molar-refractivity contribution is -0.117. The van der Waals surface area contributed by atoms with Crippen LogP contribution in [-0.2, 0) is 4.79 Å². The summed E-state index contributed by atoms with van der Waals surface area (Å²) in [6.45, 7) is 3.72. The molecule has 0 aliphatic heterocycles. The monoisotopic (exact) mass is 388 g/mol. The molecule has 2 atom stereocenters. The Hall–Kier alpha value is -1.71. The molecule has 0 bridgehead atoms. The third-order valence-electron chi connectivity index (χ3n) is 4.22. The highest BCUT2D eigenvalue weighted by Gasteiger charge is 1.95. The zero-order valence-corrected chi connectivity index (χ0v) is 17.8. The standard InChI is InChI=1S/C25H40O3/c1-3-4-13-19-24(27)21-16-11-12-17-22-25(28)20-15-10-8-6-5-7-9-14-18-23(2)26/h4,10-13,15-17,21-22,24-25,27-28H,3,5-9,14,18-20H2,1-2H3/b12-11+,13-4-,15-10-,21-16-,22-17+/t24-,25+/m1/s1. The van der Waals surface area contributed by atoms with Gasteiger partial charge in [0.2, 0.25) is 0 Å². The molecule has 3 heteroatoms. The van der Waals surface area contributed by atoms with Gasteiger partial charge < -0.3 is 15.0 Å². The molecule has 0 saturated carbocycles. The zero-order chi connectivity index (χ0) is 20.9. The Morgan fingerprint density at radius 2 is 1.29 bits per heavy atom. The molecular weight excluding hydrogens is 348 g/mol. The lowest BCUT2D eigenvalue weighted by Gasteiger charge is -2.00. The number of allylic oxidation sites excluding steroid dienone is 6. The number of aliphatic hydroxyl groups is 2. The summed E-state index contributed by atoms with van der Waals surface area (Å²) in [5.41, 5.74) is 0. The summed E-state index contributed by atoms with van der Waals surface area (Å²) in [7, 11) is 0. The molecule has 0 radical (unpaired) electrons. The van der Waals surface area contributed by atoms with Gasteiger partial charge in [-0.15, -0.1) is 0 Å². The summed E-state index contributed by atoms with van der Waals surface area (Å²) in [6, 6.07) is 0. The van der Waals surface area contributed by atoms with Crippen LogP contribution >= 0.6 is 0 Å². The van der Waals surface area contributed by atoms with Gasteiger partial charge in [0.05, 0.1) is 12.2 Å². The first-order valence-corrected chi connectivity index (χ1v) is 10.7. The minimum Gasteiger partial charge on any atom is -0.389 e. The summed E-state index contributed by atoms with van der Waals surface area (Å²) in [5, 5.41) is 19.6. The highest BCUT2D eigenvalue weighted by Crippen LogP contribution is 2.08. The largest absolute Gasteiger partial charge is 0.389 e. The van der Waals surface area contributed by atoms with E-state index in [2.05, 4.69) is 13.0 Å². The number of carbonyl (C=O) groups excluding carboxylic acids is 1. The van der Waals surface area contributed by atoms with Gasteiger partial charge in [-0.25, -0.2) is 0 Å². The van der Waals surface area contributed by atoms with E-state index in [1.54, 1.807) is 19.1 Å². The molecule has 0 spiro atoms. The highest BCUT2D eigenvalue weighted by atomic mass is 16.3. The van der Waals surface area contributed by atoms with Crippen LogP contribution in [0.4, 0.5) is 0 Å². The second-order valence-electron chi connectivity index (χ2n) is 7.12. The summed E-state index contributed by atoms with van der Waals surface area (Å²) >= 11 is 0. The molecule has 0 aliphatic carbocycles. The van der Waals surface area contributed by atoms with Crippen molar-refractivity contribution in [3.63, 3.8) is 0 Å². The van der Waals surface area contributed by atoms with E-state index in [0.717, 1.165) is 38.5 Å². The van der Waals surface area contributed by atoms with Gasteiger partial charge in [0.25, 0.3) is 0 Å². The Morgan fingerprint density at radius 1 is 0.750 bits per heavy atom. The second kappa shape index (κ2) is 20.0. The Balaban J connectivity index is 3.71. The molecule has 0 aromatic carbocycles. The number of hydrogen-bond donors (Lipinski definition) is 2. The molecule has 2 N–H and O–H groups in total. The maximum atomic E-state index is 10.8. The predicted octanol–water partition coefficient (Wildman–Crippen LogP) is 6.00. The molecule has 0 aromatic rings. The lowest BCUT2D eigenvalue weighted by atomic mass is 10.1. The van der Waals surface area contributed by atoms with Crippen molar-refractivity contribution in [1.82, 2.24) is 0 Å². The van der Waals surface area contributed by atoms with Gasteiger partial charge in [-0.1, -0.05) is 86.9 Å². The normalized spacial score (nSPS) is 15.0. The van der Waals surface area contributed by atoms with E-state index < -0.39 is 12.2 Å². The molecule has 0 amide bonds. The Kier molecular flexibility index (Phi) is 18.8. The molecule has 0 aromatic heterocycles. The Labute approximate surface area is 172 Å². The minimum atomic E-state index is -0.471. The molecule has 0 heterocycles. The van der Waals surface area contributed by atoms with Crippen LogP contribution in [0.2, 0.25) is 0 Å². The number of unbranched alkanes of at least 4 members (excludes halogenated alkanes) is 5. The fourth-order valence-electron chi connectivity index (χ4n) is 2.59. The number of carbonyl (C=O) groups is 1. The van der Waals surface area contributed by atoms with E-state index >= 15 is 0 Å². The van der Waals surface area contributed by atoms with Gasteiger partial charge in [-0.05, 0) is 45.4 Å². The average molecular weight is 389 g/mol. The maximum Gasteiger partial charge on any atom is 0.129 e. The molecular formula is C25H40O3. The minimum absolute atomic E-state index is 0.289. The van der Waals surface area contributed by atoms with Gasteiger partial charge in [0.1, 0.15) is 5.78 Å². The number of Topliss-reactive ketones (excluding diaryl/α,β-unsaturated/α-hetero) is 1. The van der Waals surface area contributed by atoms with E-state index in [1.807, 2.05) is 42.5 Å². The molecule has 0 saturated heterocycles. The Morgan fingerprint density at radius 3 is 1.86 bits per heavy atom. The van der Waals surface area contributed by atoms with E-state index in [1.165, 1.54) is 12.8 Å². The average Bonchev–Trinajstić information content (AvgIpc) is 2.66. The van der Waals surface area contributed by atoms with Gasteiger partial charge in [-0.3, -0.25) is 0 Å². The predicted molar refractivity (Wildman–Crippen MR) is 120 cm³/mol. The van der Waals surface area contributed by atoms with Crippen LogP contribution in [0.3, 0.4) is 0 Å². The van der Waals surface area contributed by atoms with Crippen LogP contribution in [0.15, 0.2) is 60.8 Å². The quantitative estimate of drug-likeness (QED) is 0.182. The highest BCUT2D eigenvalue weighted by molar-refractivity contribution is 5.75. The number of aliphatic hydroxyl groups excluding tert-OH is 2. The first-order valence-electron chi connectivity index (χ1n) is 10.7. The van der Waals surface area contributed by atoms with Crippen LogP contribution in [-0.4, -0.2) is 28.2 Å². The summed E-state index contributed by atoms with van der Waals surface area (Å²) in [4.78, 5) is 10.8. The van der Waals surface area contributed by atoms with Crippen molar-refractivity contribution in [3.05, 3.63) is 60.8 Å². The van der Waals surface area contributed by atoms with E-state index in [4.69, 9.17) is 0 Å². The van der Waals surface area contributed by atoms with Gasteiger partial charge >= 0.3 is 0 Å². The van der Waals surface area contributed by atoms with Crippen molar-refractivity contribution >= 4 is 5.78 Å². The van der Waals surface area contributed by atoms with Crippen LogP contribution in [0, 0.1) is 0 Å². The van der Waals surface area contributed by atoms with Crippen molar-refractivity contribution in [3.8, 4) is 0 Å². The third-order valence-corrected chi connectivity index (χ3v) is 4.22. The van der Waals surface area contributed by atoms with Crippen molar-refractivity contribution in [2.24, 2.45) is 0 Å². The second-order valence-corrected chi connectivity index (χ2v) is 7.12. The maximum absolute atomic E-state index is 10.8. The summed E-state index contributed by atoms with van der Waals surface area (Å²) in [6.07, 6.45) is 27.9. The molecule has 0 rings (SSSR count). The Bertz CT molecular complexity index is 512. The lowest BCUT2D eigenvalue weighted by Crippen LogP contribution is -1.99.